The zero-order valence-electron chi connectivity index (χ0n) is 13.2. The van der Waals surface area contributed by atoms with E-state index in [0.29, 0.717) is 17.0 Å². The van der Waals surface area contributed by atoms with E-state index in [-0.39, 0.29) is 6.04 Å². The number of nitrogens with one attached hydrogen (secondary N) is 1. The minimum atomic E-state index is 0.235. The third kappa shape index (κ3) is 4.59. The van der Waals surface area contributed by atoms with Crippen LogP contribution in [-0.2, 0) is 0 Å². The Morgan fingerprint density at radius 3 is 2.38 bits per heavy atom. The molecule has 2 atom stereocenters. The standard InChI is InChI=1S/C17H26Cl2N2/c1-12(2)17(21-8-4-5-9-21)11-20-13(3)15-7-6-14(18)10-16(15)19/h6-7,10,12-13,17,20H,4-5,8-9,11H2,1-3H3. The van der Waals surface area contributed by atoms with Gasteiger partial charge in [0.15, 0.2) is 0 Å². The van der Waals surface area contributed by atoms with Gasteiger partial charge in [0.05, 0.1) is 0 Å². The van der Waals surface area contributed by atoms with Crippen molar-refractivity contribution in [1.82, 2.24) is 10.2 Å². The molecule has 0 saturated carbocycles. The molecule has 0 bridgehead atoms. The van der Waals surface area contributed by atoms with Gasteiger partial charge in [0.1, 0.15) is 0 Å². The van der Waals surface area contributed by atoms with Crippen molar-refractivity contribution < 1.29 is 0 Å². The van der Waals surface area contributed by atoms with E-state index in [1.54, 1.807) is 0 Å². The van der Waals surface area contributed by atoms with Crippen LogP contribution in [0.5, 0.6) is 0 Å². The molecule has 2 nitrogen and oxygen atoms in total. The summed E-state index contributed by atoms with van der Waals surface area (Å²) in [6, 6.07) is 6.57. The summed E-state index contributed by atoms with van der Waals surface area (Å²) in [4.78, 5) is 2.62. The summed E-state index contributed by atoms with van der Waals surface area (Å²) in [5, 5.41) is 5.08. The van der Waals surface area contributed by atoms with Crippen LogP contribution in [0.25, 0.3) is 0 Å². The molecule has 2 rings (SSSR count). The van der Waals surface area contributed by atoms with E-state index in [4.69, 9.17) is 23.2 Å². The molecule has 0 aromatic heterocycles. The van der Waals surface area contributed by atoms with Crippen LogP contribution < -0.4 is 5.32 Å². The number of nitrogens with zero attached hydrogens (tertiary/aromatic N) is 1. The van der Waals surface area contributed by atoms with Crippen LogP contribution in [0, 0.1) is 5.92 Å². The maximum atomic E-state index is 6.29. The molecule has 1 heterocycles. The Bertz CT molecular complexity index is 456. The van der Waals surface area contributed by atoms with Gasteiger partial charge in [-0.1, -0.05) is 43.1 Å². The van der Waals surface area contributed by atoms with Crippen LogP contribution >= 0.6 is 23.2 Å². The van der Waals surface area contributed by atoms with Crippen LogP contribution in [0.15, 0.2) is 18.2 Å². The summed E-state index contributed by atoms with van der Waals surface area (Å²) in [7, 11) is 0. The zero-order valence-corrected chi connectivity index (χ0v) is 14.7. The first-order chi connectivity index (χ1) is 9.99. The van der Waals surface area contributed by atoms with Gasteiger partial charge in [0.25, 0.3) is 0 Å². The topological polar surface area (TPSA) is 15.3 Å². The first-order valence-electron chi connectivity index (χ1n) is 7.91. The highest BCUT2D eigenvalue weighted by atomic mass is 35.5. The molecule has 21 heavy (non-hydrogen) atoms. The summed E-state index contributed by atoms with van der Waals surface area (Å²) in [5.74, 6) is 0.656. The Balaban J connectivity index is 1.96. The first-order valence-corrected chi connectivity index (χ1v) is 8.67. The Hall–Kier alpha value is -0.280. The van der Waals surface area contributed by atoms with Crippen molar-refractivity contribution in [3.8, 4) is 0 Å². The molecule has 1 saturated heterocycles. The van der Waals surface area contributed by atoms with E-state index >= 15 is 0 Å². The minimum absolute atomic E-state index is 0.235. The molecule has 0 radical (unpaired) electrons. The largest absolute Gasteiger partial charge is 0.309 e. The van der Waals surface area contributed by atoms with Crippen molar-refractivity contribution in [2.75, 3.05) is 19.6 Å². The highest BCUT2D eigenvalue weighted by molar-refractivity contribution is 6.35. The van der Waals surface area contributed by atoms with Gasteiger partial charge in [-0.3, -0.25) is 4.90 Å². The molecule has 0 spiro atoms. The molecule has 1 aliphatic rings. The fourth-order valence-electron chi connectivity index (χ4n) is 3.12. The molecule has 2 unspecified atom stereocenters. The second-order valence-electron chi connectivity index (χ2n) is 6.35. The van der Waals surface area contributed by atoms with Crippen molar-refractivity contribution in [2.24, 2.45) is 5.92 Å². The van der Waals surface area contributed by atoms with Gasteiger partial charge in [0.2, 0.25) is 0 Å². The number of benzene rings is 1. The maximum absolute atomic E-state index is 6.29. The Morgan fingerprint density at radius 1 is 1.14 bits per heavy atom. The number of rotatable bonds is 6. The van der Waals surface area contributed by atoms with Crippen molar-refractivity contribution in [2.45, 2.75) is 45.7 Å². The fourth-order valence-corrected chi connectivity index (χ4v) is 3.69. The van der Waals surface area contributed by atoms with Crippen LogP contribution in [-0.4, -0.2) is 30.6 Å². The number of halogens is 2. The van der Waals surface area contributed by atoms with E-state index in [2.05, 4.69) is 31.0 Å². The molecule has 1 aromatic rings. The van der Waals surface area contributed by atoms with Crippen LogP contribution in [0.3, 0.4) is 0 Å². The smallest absolute Gasteiger partial charge is 0.0468 e. The lowest BCUT2D eigenvalue weighted by molar-refractivity contribution is 0.183. The molecular weight excluding hydrogens is 303 g/mol. The normalized spacial score (nSPS) is 19.1. The second kappa shape index (κ2) is 7.82. The lowest BCUT2D eigenvalue weighted by atomic mass is 10.0. The molecular formula is C17H26Cl2N2. The van der Waals surface area contributed by atoms with E-state index in [9.17, 15) is 0 Å². The van der Waals surface area contributed by atoms with Crippen molar-refractivity contribution in [1.29, 1.82) is 0 Å². The molecule has 1 fully saturated rings. The summed E-state index contributed by atoms with van der Waals surface area (Å²) in [5.41, 5.74) is 1.12. The van der Waals surface area contributed by atoms with E-state index in [1.807, 2.05) is 18.2 Å². The van der Waals surface area contributed by atoms with Gasteiger partial charge in [-0.2, -0.15) is 0 Å². The van der Waals surface area contributed by atoms with Gasteiger partial charge in [-0.05, 0) is 56.5 Å². The van der Waals surface area contributed by atoms with Gasteiger partial charge >= 0.3 is 0 Å². The Morgan fingerprint density at radius 2 is 1.81 bits per heavy atom. The van der Waals surface area contributed by atoms with Crippen molar-refractivity contribution in [3.05, 3.63) is 33.8 Å². The Kier molecular flexibility index (Phi) is 6.36. The average Bonchev–Trinajstić information content (AvgIpc) is 2.92. The lowest BCUT2D eigenvalue weighted by Crippen LogP contribution is -2.44. The molecule has 118 valence electrons. The van der Waals surface area contributed by atoms with Gasteiger partial charge in [-0.15, -0.1) is 0 Å². The third-order valence-electron chi connectivity index (χ3n) is 4.44. The van der Waals surface area contributed by atoms with E-state index < -0.39 is 0 Å². The molecule has 0 aliphatic carbocycles. The predicted molar refractivity (Wildman–Crippen MR) is 92.3 cm³/mol. The van der Waals surface area contributed by atoms with E-state index in [1.165, 1.54) is 25.9 Å². The van der Waals surface area contributed by atoms with E-state index in [0.717, 1.165) is 17.1 Å². The summed E-state index contributed by atoms with van der Waals surface area (Å²) in [6.07, 6.45) is 2.67. The van der Waals surface area contributed by atoms with Crippen molar-refractivity contribution in [3.63, 3.8) is 0 Å². The number of hydrogen-bond acceptors (Lipinski definition) is 2. The maximum Gasteiger partial charge on any atom is 0.0468 e. The molecule has 4 heteroatoms. The van der Waals surface area contributed by atoms with Gasteiger partial charge in [0, 0.05) is 28.7 Å². The van der Waals surface area contributed by atoms with Crippen LogP contribution in [0.2, 0.25) is 10.0 Å². The number of likely N-dealkylation sites (tertiary alicyclic amines) is 1. The number of hydrogen-bond donors (Lipinski definition) is 1. The highest BCUT2D eigenvalue weighted by Gasteiger charge is 2.25. The summed E-state index contributed by atoms with van der Waals surface area (Å²) >= 11 is 12.3. The van der Waals surface area contributed by atoms with Crippen LogP contribution in [0.1, 0.15) is 45.2 Å². The first kappa shape index (κ1) is 17.1. The fraction of sp³-hybridized carbons (Fsp3) is 0.647. The monoisotopic (exact) mass is 328 g/mol. The van der Waals surface area contributed by atoms with Gasteiger partial charge in [-0.25, -0.2) is 0 Å². The molecule has 1 N–H and O–H groups in total. The van der Waals surface area contributed by atoms with Crippen LogP contribution in [0.4, 0.5) is 0 Å². The van der Waals surface area contributed by atoms with Gasteiger partial charge < -0.3 is 5.32 Å². The molecule has 1 aliphatic heterocycles. The van der Waals surface area contributed by atoms with Crippen molar-refractivity contribution >= 4 is 23.2 Å². The molecule has 0 amide bonds. The second-order valence-corrected chi connectivity index (χ2v) is 7.19. The summed E-state index contributed by atoms with van der Waals surface area (Å²) < 4.78 is 0. The lowest BCUT2D eigenvalue weighted by Gasteiger charge is -2.32. The average molecular weight is 329 g/mol. The highest BCUT2D eigenvalue weighted by Crippen LogP contribution is 2.26. The Labute approximate surface area is 138 Å². The SMILES string of the molecule is CC(NCC(C(C)C)N1CCCC1)c1ccc(Cl)cc1Cl. The predicted octanol–water partition coefficient (Wildman–Crippen LogP) is 4.76. The quantitative estimate of drug-likeness (QED) is 0.809. The third-order valence-corrected chi connectivity index (χ3v) is 5.00. The zero-order chi connectivity index (χ0) is 15.4. The minimum Gasteiger partial charge on any atom is -0.309 e. The summed E-state index contributed by atoms with van der Waals surface area (Å²) in [6.45, 7) is 10.3. The molecule has 1 aromatic carbocycles.